The predicted octanol–water partition coefficient (Wildman–Crippen LogP) is 4.01. The second-order valence-corrected chi connectivity index (χ2v) is 8.73. The summed E-state index contributed by atoms with van der Waals surface area (Å²) in [5.74, 6) is 0.592. The maximum atomic E-state index is 15.0. The molecule has 0 unspecified atom stereocenters. The van der Waals surface area contributed by atoms with Gasteiger partial charge in [-0.1, -0.05) is 18.2 Å². The predicted molar refractivity (Wildman–Crippen MR) is 137 cm³/mol. The van der Waals surface area contributed by atoms with E-state index < -0.39 is 0 Å². The normalized spacial score (nSPS) is 14.9. The molecule has 0 saturated carbocycles. The third-order valence-electron chi connectivity index (χ3n) is 6.39. The van der Waals surface area contributed by atoms with Crippen molar-refractivity contribution in [2.45, 2.75) is 13.0 Å². The number of hydrogen-bond donors (Lipinski definition) is 3. The molecular formula is C26H24FN7O2. The van der Waals surface area contributed by atoms with Gasteiger partial charge >= 0.3 is 0 Å². The Morgan fingerprint density at radius 3 is 2.64 bits per heavy atom. The molecule has 5 aromatic rings. The summed E-state index contributed by atoms with van der Waals surface area (Å²) in [6, 6.07) is 12.2. The van der Waals surface area contributed by atoms with E-state index in [2.05, 4.69) is 25.3 Å². The Morgan fingerprint density at radius 2 is 1.83 bits per heavy atom. The molecule has 2 aromatic carbocycles. The van der Waals surface area contributed by atoms with E-state index in [0.29, 0.717) is 71.4 Å². The van der Waals surface area contributed by atoms with Crippen LogP contribution in [0.4, 0.5) is 15.8 Å². The molecule has 10 heteroatoms. The molecule has 3 aromatic heterocycles. The van der Waals surface area contributed by atoms with Crippen molar-refractivity contribution in [3.05, 3.63) is 76.9 Å². The number of benzene rings is 2. The van der Waals surface area contributed by atoms with E-state index in [-0.39, 0.29) is 17.4 Å². The molecule has 9 nitrogen and oxygen atoms in total. The van der Waals surface area contributed by atoms with Crippen LogP contribution >= 0.6 is 0 Å². The van der Waals surface area contributed by atoms with Crippen LogP contribution in [0.3, 0.4) is 0 Å². The lowest BCUT2D eigenvalue weighted by atomic mass is 10.1. The van der Waals surface area contributed by atoms with E-state index in [1.165, 1.54) is 6.07 Å². The number of nitrogens with one attached hydrogen (secondary N) is 3. The minimum Gasteiger partial charge on any atom is -0.378 e. The molecule has 0 bridgehead atoms. The van der Waals surface area contributed by atoms with Crippen LogP contribution in [0.25, 0.3) is 33.3 Å². The number of nitrogens with zero attached hydrogens (tertiary/aromatic N) is 4. The van der Waals surface area contributed by atoms with Crippen molar-refractivity contribution < 1.29 is 9.13 Å². The fourth-order valence-corrected chi connectivity index (χ4v) is 4.62. The molecule has 1 fully saturated rings. The zero-order valence-electron chi connectivity index (χ0n) is 19.6. The molecule has 3 N–H and O–H groups in total. The lowest BCUT2D eigenvalue weighted by molar-refractivity contribution is 0.122. The SMILES string of the molecule is C[C@@H](Nc1c(-c2nc3cc(N4CCOCC4)c(F)cc3[nH]2)c(=O)[nH]c2ccccc12)c1ncccn1. The van der Waals surface area contributed by atoms with Gasteiger partial charge in [0.05, 0.1) is 47.2 Å². The highest BCUT2D eigenvalue weighted by Gasteiger charge is 2.22. The standard InChI is InChI=1S/C26H24FN7O2/c1-15(24-28-7-4-8-29-24)30-23-16-5-2-3-6-18(16)33-26(35)22(23)25-31-19-13-17(27)21(14-20(19)32-25)34-9-11-36-12-10-34/h2-8,13-15H,9-12H2,1H3,(H,31,32)(H2,30,33,35)/t15-/m1/s1. The molecule has 0 radical (unpaired) electrons. The Morgan fingerprint density at radius 1 is 1.06 bits per heavy atom. The maximum Gasteiger partial charge on any atom is 0.261 e. The minimum absolute atomic E-state index is 0.287. The fraction of sp³-hybridized carbons (Fsp3) is 0.231. The van der Waals surface area contributed by atoms with Gasteiger partial charge in [0.15, 0.2) is 0 Å². The van der Waals surface area contributed by atoms with E-state index in [0.717, 1.165) is 5.39 Å². The number of aromatic nitrogens is 5. The van der Waals surface area contributed by atoms with E-state index >= 15 is 4.39 Å². The summed E-state index contributed by atoms with van der Waals surface area (Å²) in [6.45, 7) is 4.25. The van der Waals surface area contributed by atoms with Crippen molar-refractivity contribution in [1.29, 1.82) is 0 Å². The largest absolute Gasteiger partial charge is 0.378 e. The zero-order chi connectivity index (χ0) is 24.6. The summed E-state index contributed by atoms with van der Waals surface area (Å²) < 4.78 is 20.4. The van der Waals surface area contributed by atoms with Gasteiger partial charge in [-0.05, 0) is 25.1 Å². The quantitative estimate of drug-likeness (QED) is 0.345. The van der Waals surface area contributed by atoms with E-state index in [4.69, 9.17) is 9.72 Å². The van der Waals surface area contributed by atoms with E-state index in [1.807, 2.05) is 36.1 Å². The Bertz CT molecular complexity index is 1610. The smallest absolute Gasteiger partial charge is 0.261 e. The number of morpholine rings is 1. The number of para-hydroxylation sites is 1. The first-order valence-electron chi connectivity index (χ1n) is 11.8. The Kier molecular flexibility index (Phi) is 5.57. The number of anilines is 2. The van der Waals surface area contributed by atoms with Gasteiger partial charge in [-0.15, -0.1) is 0 Å². The van der Waals surface area contributed by atoms with Crippen LogP contribution in [0.5, 0.6) is 0 Å². The van der Waals surface area contributed by atoms with Crippen molar-refractivity contribution in [3.8, 4) is 11.4 Å². The van der Waals surface area contributed by atoms with Gasteiger partial charge in [0.1, 0.15) is 23.0 Å². The van der Waals surface area contributed by atoms with Gasteiger partial charge < -0.3 is 24.9 Å². The van der Waals surface area contributed by atoms with E-state index in [1.54, 1.807) is 24.5 Å². The third-order valence-corrected chi connectivity index (χ3v) is 6.39. The molecule has 0 amide bonds. The Hall–Kier alpha value is -4.31. The topological polar surface area (TPSA) is 112 Å². The van der Waals surface area contributed by atoms with Crippen LogP contribution in [0, 0.1) is 5.82 Å². The highest BCUT2D eigenvalue weighted by Crippen LogP contribution is 2.34. The molecule has 1 aliphatic rings. The van der Waals surface area contributed by atoms with Gasteiger partial charge in [-0.2, -0.15) is 0 Å². The summed E-state index contributed by atoms with van der Waals surface area (Å²) in [6.07, 6.45) is 3.36. The van der Waals surface area contributed by atoms with Crippen molar-refractivity contribution in [3.63, 3.8) is 0 Å². The highest BCUT2D eigenvalue weighted by molar-refractivity contribution is 5.99. The minimum atomic E-state index is -0.347. The molecule has 4 heterocycles. The van der Waals surface area contributed by atoms with Gasteiger partial charge in [0.25, 0.3) is 5.56 Å². The number of imidazole rings is 1. The number of rotatable bonds is 5. The van der Waals surface area contributed by atoms with Crippen LogP contribution in [0.2, 0.25) is 0 Å². The first-order valence-corrected chi connectivity index (χ1v) is 11.8. The van der Waals surface area contributed by atoms with Crippen LogP contribution in [-0.4, -0.2) is 51.2 Å². The molecule has 6 rings (SSSR count). The summed E-state index contributed by atoms with van der Waals surface area (Å²) in [4.78, 5) is 34.8. The average Bonchev–Trinajstić information content (AvgIpc) is 3.31. The molecule has 1 atom stereocenters. The Labute approximate surface area is 205 Å². The number of ether oxygens (including phenoxy) is 1. The molecule has 0 aliphatic carbocycles. The molecule has 36 heavy (non-hydrogen) atoms. The fourth-order valence-electron chi connectivity index (χ4n) is 4.62. The van der Waals surface area contributed by atoms with E-state index in [9.17, 15) is 4.79 Å². The number of H-pyrrole nitrogens is 2. The summed E-state index contributed by atoms with van der Waals surface area (Å²) in [7, 11) is 0. The monoisotopic (exact) mass is 485 g/mol. The number of halogens is 1. The average molecular weight is 486 g/mol. The summed E-state index contributed by atoms with van der Waals surface area (Å²) >= 11 is 0. The number of pyridine rings is 1. The van der Waals surface area contributed by atoms with Crippen molar-refractivity contribution in [2.24, 2.45) is 0 Å². The number of hydrogen-bond acceptors (Lipinski definition) is 7. The molecular weight excluding hydrogens is 461 g/mol. The van der Waals surface area contributed by atoms with Crippen molar-refractivity contribution in [2.75, 3.05) is 36.5 Å². The summed E-state index contributed by atoms with van der Waals surface area (Å²) in [5, 5.41) is 4.24. The first kappa shape index (κ1) is 22.2. The molecule has 0 spiro atoms. The van der Waals surface area contributed by atoms with Crippen LogP contribution in [0.1, 0.15) is 18.8 Å². The lowest BCUT2D eigenvalue weighted by Crippen LogP contribution is -2.36. The van der Waals surface area contributed by atoms with Crippen LogP contribution in [0.15, 0.2) is 59.7 Å². The van der Waals surface area contributed by atoms with Gasteiger partial charge in [0.2, 0.25) is 0 Å². The second-order valence-electron chi connectivity index (χ2n) is 8.73. The van der Waals surface area contributed by atoms with Crippen LogP contribution in [-0.2, 0) is 4.74 Å². The lowest BCUT2D eigenvalue weighted by Gasteiger charge is -2.29. The summed E-state index contributed by atoms with van der Waals surface area (Å²) in [5.41, 5.74) is 2.87. The first-order chi connectivity index (χ1) is 17.6. The molecule has 1 aliphatic heterocycles. The van der Waals surface area contributed by atoms with Crippen molar-refractivity contribution >= 4 is 33.3 Å². The maximum absolute atomic E-state index is 15.0. The third kappa shape index (κ3) is 3.95. The molecule has 1 saturated heterocycles. The van der Waals surface area contributed by atoms with Crippen LogP contribution < -0.4 is 15.8 Å². The Balaban J connectivity index is 1.49. The number of aromatic amines is 2. The highest BCUT2D eigenvalue weighted by atomic mass is 19.1. The van der Waals surface area contributed by atoms with Gasteiger partial charge in [0, 0.05) is 36.9 Å². The van der Waals surface area contributed by atoms with Crippen molar-refractivity contribution in [1.82, 2.24) is 24.9 Å². The number of fused-ring (bicyclic) bond motifs is 2. The zero-order valence-corrected chi connectivity index (χ0v) is 19.6. The van der Waals surface area contributed by atoms with Gasteiger partial charge in [-0.25, -0.2) is 19.3 Å². The second kappa shape index (κ2) is 9.04. The molecule has 182 valence electrons. The van der Waals surface area contributed by atoms with Gasteiger partial charge in [-0.3, -0.25) is 4.79 Å².